The Morgan fingerprint density at radius 1 is 1.09 bits per heavy atom. The molecule has 0 spiro atoms. The Balaban J connectivity index is 1.19. The number of carbonyl (C=O) groups is 1. The maximum absolute atomic E-state index is 13.5. The number of piperidine rings is 1. The summed E-state index contributed by atoms with van der Waals surface area (Å²) >= 11 is 12.7. The lowest BCUT2D eigenvalue weighted by Gasteiger charge is -2.34. The molecule has 4 aromatic rings. The highest BCUT2D eigenvalue weighted by molar-refractivity contribution is 6.42. The number of H-pyrrole nitrogens is 1. The summed E-state index contributed by atoms with van der Waals surface area (Å²) in [6.45, 7) is 14.8. The van der Waals surface area contributed by atoms with Crippen LogP contribution in [0.5, 0.6) is 0 Å². The Hall–Kier alpha value is -3.10. The highest BCUT2D eigenvalue weighted by atomic mass is 35.5. The molecule has 47 heavy (non-hydrogen) atoms. The van der Waals surface area contributed by atoms with E-state index >= 15 is 0 Å². The summed E-state index contributed by atoms with van der Waals surface area (Å²) in [4.78, 5) is 26.2. The normalized spacial score (nSPS) is 15.9. The Bertz CT molecular complexity index is 1640. The molecule has 1 aliphatic heterocycles. The van der Waals surface area contributed by atoms with Gasteiger partial charge in [-0.25, -0.2) is 4.98 Å². The molecule has 1 saturated heterocycles. The smallest absolute Gasteiger partial charge is 0.253 e. The number of nitrogens with one attached hydrogen (secondary N) is 2. The van der Waals surface area contributed by atoms with Crippen LogP contribution in [0.25, 0.3) is 11.0 Å². The fourth-order valence-corrected chi connectivity index (χ4v) is 6.81. The molecule has 2 N–H and O–H groups in total. The first-order valence-corrected chi connectivity index (χ1v) is 17.6. The first-order chi connectivity index (χ1) is 22.4. The molecule has 0 radical (unpaired) electrons. The minimum Gasteiger partial charge on any atom is -0.374 e. The highest BCUT2D eigenvalue weighted by Crippen LogP contribution is 2.31. The molecule has 0 aliphatic carbocycles. The minimum atomic E-state index is -0.00583. The summed E-state index contributed by atoms with van der Waals surface area (Å²) in [5.74, 6) is 0.953. The van der Waals surface area contributed by atoms with Crippen molar-refractivity contribution in [2.75, 3.05) is 45.2 Å². The molecule has 1 aliphatic rings. The minimum absolute atomic E-state index is 0.00583. The molecule has 3 aromatic carbocycles. The average Bonchev–Trinajstić information content (AvgIpc) is 3.47. The molecule has 252 valence electrons. The first-order valence-electron chi connectivity index (χ1n) is 16.8. The van der Waals surface area contributed by atoms with Crippen molar-refractivity contribution >= 4 is 46.1 Å². The monoisotopic (exact) mass is 677 g/mol. The van der Waals surface area contributed by atoms with Gasteiger partial charge in [0.05, 0.1) is 27.2 Å². The van der Waals surface area contributed by atoms with Gasteiger partial charge in [0.15, 0.2) is 0 Å². The molecule has 2 unspecified atom stereocenters. The van der Waals surface area contributed by atoms with E-state index in [0.29, 0.717) is 34.8 Å². The Morgan fingerprint density at radius 3 is 2.47 bits per heavy atom. The molecule has 0 bridgehead atoms. The number of fused-ring (bicyclic) bond motifs is 1. The van der Waals surface area contributed by atoms with E-state index in [0.717, 1.165) is 67.0 Å². The van der Waals surface area contributed by atoms with Crippen LogP contribution < -0.4 is 5.32 Å². The van der Waals surface area contributed by atoms with Crippen LogP contribution in [0.3, 0.4) is 0 Å². The zero-order chi connectivity index (χ0) is 33.7. The molecule has 2 heterocycles. The number of ether oxygens (including phenoxy) is 1. The second-order valence-corrected chi connectivity index (χ2v) is 14.7. The molecular formula is C38H49Cl2N5O2. The fourth-order valence-electron chi connectivity index (χ4n) is 6.50. The predicted octanol–water partition coefficient (Wildman–Crippen LogP) is 9.09. The first kappa shape index (κ1) is 35.2. The summed E-state index contributed by atoms with van der Waals surface area (Å²) in [7, 11) is 1.89. The summed E-state index contributed by atoms with van der Waals surface area (Å²) in [5, 5.41) is 4.73. The van der Waals surface area contributed by atoms with E-state index < -0.39 is 0 Å². The molecule has 2 atom stereocenters. The molecule has 7 nitrogen and oxygen atoms in total. The number of benzene rings is 3. The fraction of sp³-hybridized carbons (Fsp3) is 0.474. The number of aromatic nitrogens is 2. The summed E-state index contributed by atoms with van der Waals surface area (Å²) in [6, 6.07) is 20.4. The molecule has 1 amide bonds. The maximum atomic E-state index is 13.5. The predicted molar refractivity (Wildman–Crippen MR) is 195 cm³/mol. The molecule has 5 rings (SSSR count). The molecular weight excluding hydrogens is 629 g/mol. The van der Waals surface area contributed by atoms with Gasteiger partial charge in [0.1, 0.15) is 0 Å². The lowest BCUT2D eigenvalue weighted by Crippen LogP contribution is -2.40. The number of nitrogens with zero attached hydrogens (tertiary/aromatic N) is 3. The number of aromatic amines is 1. The molecule has 9 heteroatoms. The van der Waals surface area contributed by atoms with Crippen molar-refractivity contribution < 1.29 is 9.53 Å². The Labute approximate surface area is 290 Å². The lowest BCUT2D eigenvalue weighted by atomic mass is 9.86. The number of likely N-dealkylation sites (tertiary alicyclic amines) is 1. The van der Waals surface area contributed by atoms with Gasteiger partial charge in [-0.05, 0) is 86.5 Å². The van der Waals surface area contributed by atoms with Crippen molar-refractivity contribution in [2.45, 2.75) is 77.4 Å². The van der Waals surface area contributed by atoms with E-state index in [1.807, 2.05) is 49.2 Å². The van der Waals surface area contributed by atoms with E-state index in [2.05, 4.69) is 73.2 Å². The number of likely N-dealkylation sites (N-methyl/N-ethyl adjacent to an activating group) is 1. The van der Waals surface area contributed by atoms with Crippen LogP contribution in [-0.4, -0.2) is 71.6 Å². The van der Waals surface area contributed by atoms with Crippen LogP contribution in [0.2, 0.25) is 10.0 Å². The van der Waals surface area contributed by atoms with E-state index in [1.165, 1.54) is 5.56 Å². The highest BCUT2D eigenvalue weighted by Gasteiger charge is 2.24. The van der Waals surface area contributed by atoms with Gasteiger partial charge in [0.2, 0.25) is 5.95 Å². The van der Waals surface area contributed by atoms with Gasteiger partial charge in [-0.1, -0.05) is 74.3 Å². The number of rotatable bonds is 12. The van der Waals surface area contributed by atoms with Crippen molar-refractivity contribution in [3.05, 3.63) is 93.0 Å². The molecule has 1 fully saturated rings. The Morgan fingerprint density at radius 2 is 1.81 bits per heavy atom. The largest absolute Gasteiger partial charge is 0.374 e. The number of hydrogen-bond donors (Lipinski definition) is 2. The topological polar surface area (TPSA) is 73.5 Å². The van der Waals surface area contributed by atoms with Crippen LogP contribution in [0, 0.1) is 0 Å². The quantitative estimate of drug-likeness (QED) is 0.156. The van der Waals surface area contributed by atoms with Crippen molar-refractivity contribution in [2.24, 2.45) is 0 Å². The number of hydrogen-bond acceptors (Lipinski definition) is 5. The van der Waals surface area contributed by atoms with Crippen molar-refractivity contribution in [3.8, 4) is 0 Å². The third-order valence-electron chi connectivity index (χ3n) is 9.37. The van der Waals surface area contributed by atoms with Gasteiger partial charge >= 0.3 is 0 Å². The Kier molecular flexibility index (Phi) is 11.5. The van der Waals surface area contributed by atoms with E-state index in [-0.39, 0.29) is 23.3 Å². The van der Waals surface area contributed by atoms with Crippen molar-refractivity contribution in [1.82, 2.24) is 19.8 Å². The van der Waals surface area contributed by atoms with Gasteiger partial charge in [-0.2, -0.15) is 0 Å². The number of halogens is 2. The number of imidazole rings is 1. The van der Waals surface area contributed by atoms with Gasteiger partial charge < -0.3 is 24.8 Å². The third kappa shape index (κ3) is 8.88. The maximum Gasteiger partial charge on any atom is 0.253 e. The molecule has 0 saturated carbocycles. The lowest BCUT2D eigenvalue weighted by molar-refractivity contribution is 0.0772. The zero-order valence-corrected chi connectivity index (χ0v) is 30.1. The SMILES string of the molecule is CCOC(C)c1cccc2[nH]c(NC3CCN(CCC(CN(C)C(=O)c4ccc(C(C)(C)C)cc4)c4ccc(Cl)c(Cl)c4)CC3)nc12. The standard InChI is InChI=1S/C38H49Cl2N5O2/c1-7-47-25(2)31-9-8-10-34-35(31)43-37(42-34)41-30-18-21-45(22-19-30)20-17-28(27-13-16-32(39)33(40)23-27)24-44(6)36(46)26-11-14-29(15-12-26)38(3,4)5/h8-16,23,25,28,30H,7,17-22,24H2,1-6H3,(H2,41,42,43). The van der Waals surface area contributed by atoms with Gasteiger partial charge in [0, 0.05) is 56.4 Å². The van der Waals surface area contributed by atoms with Gasteiger partial charge in [-0.3, -0.25) is 4.79 Å². The summed E-state index contributed by atoms with van der Waals surface area (Å²) < 4.78 is 5.84. The second kappa shape index (κ2) is 15.4. The van der Waals surface area contributed by atoms with Crippen molar-refractivity contribution in [1.29, 1.82) is 0 Å². The van der Waals surface area contributed by atoms with Gasteiger partial charge in [0.25, 0.3) is 5.91 Å². The average molecular weight is 679 g/mol. The van der Waals surface area contributed by atoms with E-state index in [4.69, 9.17) is 32.9 Å². The number of amides is 1. The number of para-hydroxylation sites is 1. The second-order valence-electron chi connectivity index (χ2n) is 13.9. The number of carbonyl (C=O) groups excluding carboxylic acids is 1. The number of anilines is 1. The molecule has 1 aromatic heterocycles. The van der Waals surface area contributed by atoms with E-state index in [9.17, 15) is 4.79 Å². The van der Waals surface area contributed by atoms with Crippen LogP contribution in [0.1, 0.15) is 93.0 Å². The van der Waals surface area contributed by atoms with E-state index in [1.54, 1.807) is 0 Å². The zero-order valence-electron chi connectivity index (χ0n) is 28.6. The summed E-state index contributed by atoms with van der Waals surface area (Å²) in [5.41, 5.74) is 6.14. The van der Waals surface area contributed by atoms with Crippen LogP contribution in [0.15, 0.2) is 60.7 Å². The summed E-state index contributed by atoms with van der Waals surface area (Å²) in [6.07, 6.45) is 2.95. The van der Waals surface area contributed by atoms with Crippen LogP contribution in [-0.2, 0) is 10.2 Å². The van der Waals surface area contributed by atoms with Crippen LogP contribution >= 0.6 is 23.2 Å². The van der Waals surface area contributed by atoms with Crippen molar-refractivity contribution in [3.63, 3.8) is 0 Å². The van der Waals surface area contributed by atoms with Gasteiger partial charge in [-0.15, -0.1) is 0 Å². The third-order valence-corrected chi connectivity index (χ3v) is 10.1. The van der Waals surface area contributed by atoms with Crippen LogP contribution in [0.4, 0.5) is 5.95 Å².